The van der Waals surface area contributed by atoms with E-state index in [0.29, 0.717) is 12.1 Å². The zero-order valence-corrected chi connectivity index (χ0v) is 11.6. The summed E-state index contributed by atoms with van der Waals surface area (Å²) in [5.74, 6) is 1.30. The lowest BCUT2D eigenvalue weighted by Gasteiger charge is -2.37. The largest absolute Gasteiger partial charge is 0.307 e. The van der Waals surface area contributed by atoms with Crippen molar-refractivity contribution in [3.63, 3.8) is 0 Å². The smallest absolute Gasteiger partial charge is 0.123 e. The van der Waals surface area contributed by atoms with E-state index in [9.17, 15) is 4.39 Å². The molecule has 18 heavy (non-hydrogen) atoms. The Hall–Kier alpha value is -0.890. The van der Waals surface area contributed by atoms with Gasteiger partial charge in [0, 0.05) is 12.1 Å². The molecule has 1 aliphatic carbocycles. The SMILES string of the molecule is CC1CCCC(C)C1N[C@H](C)c1ccc(F)cc1. The summed E-state index contributed by atoms with van der Waals surface area (Å²) < 4.78 is 12.9. The van der Waals surface area contributed by atoms with Crippen LogP contribution in [0, 0.1) is 17.7 Å². The van der Waals surface area contributed by atoms with Crippen molar-refractivity contribution < 1.29 is 4.39 Å². The lowest BCUT2D eigenvalue weighted by atomic mass is 9.78. The highest BCUT2D eigenvalue weighted by Crippen LogP contribution is 2.30. The molecule has 1 nitrogen and oxygen atoms in total. The molecule has 0 bridgehead atoms. The van der Waals surface area contributed by atoms with Crippen LogP contribution in [-0.2, 0) is 0 Å². The number of halogens is 1. The zero-order valence-electron chi connectivity index (χ0n) is 11.6. The molecule has 0 amide bonds. The van der Waals surface area contributed by atoms with Gasteiger partial charge < -0.3 is 5.32 Å². The molecule has 0 heterocycles. The highest BCUT2D eigenvalue weighted by atomic mass is 19.1. The first-order valence-electron chi connectivity index (χ1n) is 7.09. The fraction of sp³-hybridized carbons (Fsp3) is 0.625. The van der Waals surface area contributed by atoms with Crippen molar-refractivity contribution in [2.45, 2.75) is 52.1 Å². The maximum absolute atomic E-state index is 12.9. The van der Waals surface area contributed by atoms with Gasteiger partial charge in [-0.3, -0.25) is 0 Å². The average molecular weight is 249 g/mol. The van der Waals surface area contributed by atoms with Gasteiger partial charge in [-0.05, 0) is 49.3 Å². The summed E-state index contributed by atoms with van der Waals surface area (Å²) in [4.78, 5) is 0. The monoisotopic (exact) mass is 249 g/mol. The first-order valence-corrected chi connectivity index (χ1v) is 7.09. The molecule has 2 rings (SSSR count). The van der Waals surface area contributed by atoms with Crippen molar-refractivity contribution in [3.8, 4) is 0 Å². The van der Waals surface area contributed by atoms with E-state index in [1.54, 1.807) is 12.1 Å². The molecule has 3 atom stereocenters. The molecule has 0 aromatic heterocycles. The normalized spacial score (nSPS) is 30.1. The number of nitrogens with one attached hydrogen (secondary N) is 1. The Kier molecular flexibility index (Phi) is 4.39. The van der Waals surface area contributed by atoms with E-state index in [0.717, 1.165) is 11.8 Å². The van der Waals surface area contributed by atoms with Gasteiger partial charge in [-0.2, -0.15) is 0 Å². The third-order valence-electron chi connectivity index (χ3n) is 4.36. The topological polar surface area (TPSA) is 12.0 Å². The summed E-state index contributed by atoms with van der Waals surface area (Å²) in [6.45, 7) is 6.84. The van der Waals surface area contributed by atoms with Crippen LogP contribution in [0.1, 0.15) is 51.6 Å². The van der Waals surface area contributed by atoms with E-state index in [-0.39, 0.29) is 5.82 Å². The van der Waals surface area contributed by atoms with Gasteiger partial charge in [-0.1, -0.05) is 32.4 Å². The predicted molar refractivity (Wildman–Crippen MR) is 73.9 cm³/mol. The van der Waals surface area contributed by atoms with Gasteiger partial charge in [-0.15, -0.1) is 0 Å². The summed E-state index contributed by atoms with van der Waals surface area (Å²) in [6.07, 6.45) is 3.99. The van der Waals surface area contributed by atoms with Crippen LogP contribution in [0.5, 0.6) is 0 Å². The van der Waals surface area contributed by atoms with Crippen LogP contribution in [0.4, 0.5) is 4.39 Å². The third kappa shape index (κ3) is 3.11. The molecular weight excluding hydrogens is 225 g/mol. The molecule has 2 heteroatoms. The molecule has 0 radical (unpaired) electrons. The minimum Gasteiger partial charge on any atom is -0.307 e. The van der Waals surface area contributed by atoms with Gasteiger partial charge in [-0.25, -0.2) is 4.39 Å². The maximum atomic E-state index is 12.9. The molecule has 2 unspecified atom stereocenters. The summed E-state index contributed by atoms with van der Waals surface area (Å²) in [6, 6.07) is 7.72. The molecule has 1 fully saturated rings. The molecule has 0 spiro atoms. The summed E-state index contributed by atoms with van der Waals surface area (Å²) in [7, 11) is 0. The van der Waals surface area contributed by atoms with Crippen LogP contribution in [0.25, 0.3) is 0 Å². The van der Waals surface area contributed by atoms with Crippen molar-refractivity contribution in [1.29, 1.82) is 0 Å². The van der Waals surface area contributed by atoms with Crippen molar-refractivity contribution in [2.75, 3.05) is 0 Å². The molecule has 0 aliphatic heterocycles. The van der Waals surface area contributed by atoms with Crippen LogP contribution in [-0.4, -0.2) is 6.04 Å². The van der Waals surface area contributed by atoms with E-state index in [1.165, 1.54) is 24.8 Å². The van der Waals surface area contributed by atoms with Crippen LogP contribution >= 0.6 is 0 Å². The van der Waals surface area contributed by atoms with Gasteiger partial charge in [0.2, 0.25) is 0 Å². The first-order chi connectivity index (χ1) is 8.58. The highest BCUT2D eigenvalue weighted by Gasteiger charge is 2.28. The Bertz CT molecular complexity index is 363. The van der Waals surface area contributed by atoms with Gasteiger partial charge in [0.25, 0.3) is 0 Å². The number of hydrogen-bond acceptors (Lipinski definition) is 1. The second-order valence-electron chi connectivity index (χ2n) is 5.85. The molecule has 1 aliphatic rings. The van der Waals surface area contributed by atoms with Crippen LogP contribution in [0.3, 0.4) is 0 Å². The van der Waals surface area contributed by atoms with Crippen LogP contribution < -0.4 is 5.32 Å². The predicted octanol–water partition coefficient (Wildman–Crippen LogP) is 4.30. The summed E-state index contributed by atoms with van der Waals surface area (Å²) in [5, 5.41) is 3.73. The molecule has 1 aromatic rings. The number of benzene rings is 1. The summed E-state index contributed by atoms with van der Waals surface area (Å²) in [5.41, 5.74) is 1.17. The Morgan fingerprint density at radius 3 is 2.22 bits per heavy atom. The van der Waals surface area contributed by atoms with Crippen molar-refractivity contribution in [3.05, 3.63) is 35.6 Å². The Morgan fingerprint density at radius 1 is 1.11 bits per heavy atom. The van der Waals surface area contributed by atoms with Crippen LogP contribution in [0.2, 0.25) is 0 Å². The lowest BCUT2D eigenvalue weighted by Crippen LogP contribution is -2.43. The Balaban J connectivity index is 2.01. The van der Waals surface area contributed by atoms with Gasteiger partial charge in [0.1, 0.15) is 5.82 Å². The van der Waals surface area contributed by atoms with Crippen molar-refractivity contribution in [1.82, 2.24) is 5.32 Å². The molecule has 100 valence electrons. The highest BCUT2D eigenvalue weighted by molar-refractivity contribution is 5.19. The van der Waals surface area contributed by atoms with Crippen molar-refractivity contribution in [2.24, 2.45) is 11.8 Å². The summed E-state index contributed by atoms with van der Waals surface area (Å²) >= 11 is 0. The molecule has 1 aromatic carbocycles. The quantitative estimate of drug-likeness (QED) is 0.842. The van der Waals surface area contributed by atoms with Crippen molar-refractivity contribution >= 4 is 0 Å². The van der Waals surface area contributed by atoms with E-state index in [2.05, 4.69) is 26.1 Å². The fourth-order valence-electron chi connectivity index (χ4n) is 3.15. The maximum Gasteiger partial charge on any atom is 0.123 e. The second-order valence-corrected chi connectivity index (χ2v) is 5.85. The molecule has 1 saturated carbocycles. The van der Waals surface area contributed by atoms with E-state index < -0.39 is 0 Å². The minimum atomic E-state index is -0.162. The number of rotatable bonds is 3. The minimum absolute atomic E-state index is 0.162. The number of hydrogen-bond donors (Lipinski definition) is 1. The zero-order chi connectivity index (χ0) is 13.1. The average Bonchev–Trinajstić information content (AvgIpc) is 2.34. The molecule has 0 saturated heterocycles. The van der Waals surface area contributed by atoms with Gasteiger partial charge >= 0.3 is 0 Å². The second kappa shape index (κ2) is 5.83. The molecular formula is C16H24FN. The van der Waals surface area contributed by atoms with Gasteiger partial charge in [0.15, 0.2) is 0 Å². The van der Waals surface area contributed by atoms with E-state index in [1.807, 2.05) is 12.1 Å². The van der Waals surface area contributed by atoms with E-state index >= 15 is 0 Å². The Morgan fingerprint density at radius 2 is 1.67 bits per heavy atom. The standard InChI is InChI=1S/C16H24FN/c1-11-5-4-6-12(2)16(11)18-13(3)14-7-9-15(17)10-8-14/h7-13,16,18H,4-6H2,1-3H3/t11?,12?,13-,16?/m1/s1. The Labute approximate surface area is 110 Å². The van der Waals surface area contributed by atoms with E-state index in [4.69, 9.17) is 0 Å². The van der Waals surface area contributed by atoms with Crippen LogP contribution in [0.15, 0.2) is 24.3 Å². The lowest BCUT2D eigenvalue weighted by molar-refractivity contribution is 0.196. The first kappa shape index (κ1) is 13.5. The van der Waals surface area contributed by atoms with Gasteiger partial charge in [0.05, 0.1) is 0 Å². The fourth-order valence-corrected chi connectivity index (χ4v) is 3.15. The third-order valence-corrected chi connectivity index (χ3v) is 4.36. The molecule has 1 N–H and O–H groups in total.